The van der Waals surface area contributed by atoms with Gasteiger partial charge in [-0.2, -0.15) is 0 Å². The third kappa shape index (κ3) is 13.5. The molecular weight excluding hydrogens is 520 g/mol. The Morgan fingerprint density at radius 2 is 1.51 bits per heavy atom. The van der Waals surface area contributed by atoms with Crippen LogP contribution in [0.15, 0.2) is 54.6 Å². The highest BCUT2D eigenvalue weighted by Crippen LogP contribution is 2.13. The number of nitrogens with one attached hydrogen (secondary N) is 3. The Morgan fingerprint density at radius 1 is 0.780 bits per heavy atom. The molecule has 0 aliphatic heterocycles. The quantitative estimate of drug-likeness (QED) is 0.147. The van der Waals surface area contributed by atoms with Gasteiger partial charge in [0, 0.05) is 24.9 Å². The summed E-state index contributed by atoms with van der Waals surface area (Å²) in [5, 5.41) is 8.65. The summed E-state index contributed by atoms with van der Waals surface area (Å²) in [6.45, 7) is 4.49. The first-order valence-electron chi connectivity index (χ1n) is 14.7. The van der Waals surface area contributed by atoms with E-state index >= 15 is 0 Å². The summed E-state index contributed by atoms with van der Waals surface area (Å²) < 4.78 is 5.15. The number of carbonyl (C=O) groups is 4. The van der Waals surface area contributed by atoms with Crippen LogP contribution in [0, 0.1) is 0 Å². The van der Waals surface area contributed by atoms with Crippen molar-refractivity contribution < 1.29 is 23.9 Å². The van der Waals surface area contributed by atoms with Crippen LogP contribution in [0.3, 0.4) is 0 Å². The van der Waals surface area contributed by atoms with Gasteiger partial charge < -0.3 is 26.4 Å². The van der Waals surface area contributed by atoms with Gasteiger partial charge in [-0.25, -0.2) is 0 Å². The SMILES string of the molecule is CCCCCCC(=O)N[C@@H](Cc1ccccc1)C(=O)N[C@@H](CCCCN)C(=O)Nc1ccc(COC(=O)CC)cc1. The average Bonchev–Trinajstić information content (AvgIpc) is 2.98. The van der Waals surface area contributed by atoms with Gasteiger partial charge in [-0.1, -0.05) is 75.6 Å². The molecule has 41 heavy (non-hydrogen) atoms. The van der Waals surface area contributed by atoms with Crippen molar-refractivity contribution in [3.8, 4) is 0 Å². The van der Waals surface area contributed by atoms with E-state index in [0.717, 1.165) is 36.8 Å². The van der Waals surface area contributed by atoms with E-state index in [1.54, 1.807) is 31.2 Å². The summed E-state index contributed by atoms with van der Waals surface area (Å²) in [6, 6.07) is 14.9. The normalized spacial score (nSPS) is 12.2. The predicted octanol–water partition coefficient (Wildman–Crippen LogP) is 4.39. The Balaban J connectivity index is 2.09. The Hall–Kier alpha value is -3.72. The fraction of sp³-hybridized carbons (Fsp3) is 0.500. The van der Waals surface area contributed by atoms with Crippen LogP contribution in [-0.4, -0.2) is 42.3 Å². The fourth-order valence-electron chi connectivity index (χ4n) is 4.25. The molecule has 2 rings (SSSR count). The number of anilines is 1. The van der Waals surface area contributed by atoms with Gasteiger partial charge in [0.1, 0.15) is 18.7 Å². The number of nitrogens with two attached hydrogens (primary N) is 1. The molecule has 2 aromatic rings. The number of rotatable bonds is 19. The summed E-state index contributed by atoms with van der Waals surface area (Å²) in [7, 11) is 0. The first-order chi connectivity index (χ1) is 19.9. The Morgan fingerprint density at radius 3 is 2.17 bits per heavy atom. The molecular formula is C32H46N4O5. The van der Waals surface area contributed by atoms with E-state index in [4.69, 9.17) is 10.5 Å². The van der Waals surface area contributed by atoms with Crippen LogP contribution in [0.5, 0.6) is 0 Å². The first kappa shape index (κ1) is 33.5. The minimum atomic E-state index is -0.814. The van der Waals surface area contributed by atoms with E-state index in [1.807, 2.05) is 30.3 Å². The number of ether oxygens (including phenoxy) is 1. The zero-order valence-corrected chi connectivity index (χ0v) is 24.5. The molecule has 0 aliphatic carbocycles. The number of carbonyl (C=O) groups excluding carboxylic acids is 4. The second kappa shape index (κ2) is 19.4. The molecule has 0 fully saturated rings. The zero-order valence-electron chi connectivity index (χ0n) is 24.5. The van der Waals surface area contributed by atoms with Crippen molar-refractivity contribution >= 4 is 29.4 Å². The second-order valence-electron chi connectivity index (χ2n) is 10.2. The van der Waals surface area contributed by atoms with Gasteiger partial charge in [0.05, 0.1) is 0 Å². The van der Waals surface area contributed by atoms with Crippen LogP contribution in [-0.2, 0) is 36.9 Å². The Bertz CT molecular complexity index is 1080. The lowest BCUT2D eigenvalue weighted by Gasteiger charge is -2.23. The molecule has 3 amide bonds. The highest BCUT2D eigenvalue weighted by molar-refractivity contribution is 5.98. The summed E-state index contributed by atoms with van der Waals surface area (Å²) in [5.41, 5.74) is 7.93. The van der Waals surface area contributed by atoms with Crippen molar-refractivity contribution in [1.29, 1.82) is 0 Å². The van der Waals surface area contributed by atoms with Gasteiger partial charge in [-0.3, -0.25) is 19.2 Å². The molecule has 0 unspecified atom stereocenters. The molecule has 5 N–H and O–H groups in total. The number of hydrogen-bond donors (Lipinski definition) is 4. The molecule has 0 saturated heterocycles. The van der Waals surface area contributed by atoms with Gasteiger partial charge >= 0.3 is 5.97 Å². The van der Waals surface area contributed by atoms with Crippen LogP contribution in [0.2, 0.25) is 0 Å². The van der Waals surface area contributed by atoms with Crippen LogP contribution >= 0.6 is 0 Å². The maximum atomic E-state index is 13.5. The molecule has 0 saturated carbocycles. The van der Waals surface area contributed by atoms with Crippen LogP contribution < -0.4 is 21.7 Å². The summed E-state index contributed by atoms with van der Waals surface area (Å²) in [4.78, 5) is 50.9. The van der Waals surface area contributed by atoms with Gasteiger partial charge in [0.25, 0.3) is 0 Å². The standard InChI is InChI=1S/C32H46N4O5/c1-3-5-6-10-16-29(37)35-28(22-24-13-8-7-9-14-24)32(40)36-27(15-11-12-21-33)31(39)34-26-19-17-25(18-20-26)23-41-30(38)4-2/h7-9,13-14,17-20,27-28H,3-6,10-12,15-16,21-23,33H2,1-2H3,(H,34,39)(H,35,37)(H,36,40)/t27-,28-/m0/s1. The molecule has 0 aromatic heterocycles. The highest BCUT2D eigenvalue weighted by Gasteiger charge is 2.27. The smallest absolute Gasteiger partial charge is 0.305 e. The summed E-state index contributed by atoms with van der Waals surface area (Å²) in [6.07, 6.45) is 6.63. The largest absolute Gasteiger partial charge is 0.461 e. The van der Waals surface area contributed by atoms with Crippen LogP contribution in [0.25, 0.3) is 0 Å². The lowest BCUT2D eigenvalue weighted by atomic mass is 10.0. The molecule has 0 aliphatic rings. The molecule has 0 bridgehead atoms. The van der Waals surface area contributed by atoms with Crippen molar-refractivity contribution in [1.82, 2.24) is 10.6 Å². The van der Waals surface area contributed by atoms with Gasteiger partial charge in [-0.05, 0) is 55.5 Å². The number of amides is 3. The molecule has 2 aromatic carbocycles. The monoisotopic (exact) mass is 566 g/mol. The molecule has 0 spiro atoms. The van der Waals surface area contributed by atoms with Crippen molar-refractivity contribution in [3.05, 3.63) is 65.7 Å². The fourth-order valence-corrected chi connectivity index (χ4v) is 4.25. The summed E-state index contributed by atoms with van der Waals surface area (Å²) in [5.74, 6) is -1.22. The van der Waals surface area contributed by atoms with Crippen molar-refractivity contribution in [2.75, 3.05) is 11.9 Å². The topological polar surface area (TPSA) is 140 Å². The highest BCUT2D eigenvalue weighted by atomic mass is 16.5. The molecule has 0 heterocycles. The lowest BCUT2D eigenvalue weighted by Crippen LogP contribution is -2.53. The lowest BCUT2D eigenvalue weighted by molar-refractivity contribution is -0.144. The van der Waals surface area contributed by atoms with E-state index in [2.05, 4.69) is 22.9 Å². The maximum Gasteiger partial charge on any atom is 0.305 e. The number of benzene rings is 2. The number of esters is 1. The zero-order chi connectivity index (χ0) is 29.9. The van der Waals surface area contributed by atoms with E-state index in [9.17, 15) is 19.2 Å². The second-order valence-corrected chi connectivity index (χ2v) is 10.2. The van der Waals surface area contributed by atoms with Crippen LogP contribution in [0.1, 0.15) is 82.8 Å². The van der Waals surface area contributed by atoms with Gasteiger partial charge in [0.2, 0.25) is 17.7 Å². The Labute approximate surface area is 244 Å². The van der Waals surface area contributed by atoms with Crippen molar-refractivity contribution in [2.24, 2.45) is 5.73 Å². The van der Waals surface area contributed by atoms with E-state index in [1.165, 1.54) is 0 Å². The van der Waals surface area contributed by atoms with E-state index < -0.39 is 18.0 Å². The van der Waals surface area contributed by atoms with Gasteiger partial charge in [-0.15, -0.1) is 0 Å². The maximum absolute atomic E-state index is 13.5. The minimum absolute atomic E-state index is 0.159. The minimum Gasteiger partial charge on any atom is -0.461 e. The number of unbranched alkanes of at least 4 members (excludes halogenated alkanes) is 4. The third-order valence-corrected chi connectivity index (χ3v) is 6.68. The van der Waals surface area contributed by atoms with Gasteiger partial charge in [0.15, 0.2) is 0 Å². The molecule has 0 radical (unpaired) electrons. The predicted molar refractivity (Wildman–Crippen MR) is 161 cm³/mol. The Kier molecular flexibility index (Phi) is 15.8. The van der Waals surface area contributed by atoms with Crippen molar-refractivity contribution in [3.63, 3.8) is 0 Å². The van der Waals surface area contributed by atoms with E-state index in [0.29, 0.717) is 50.8 Å². The molecule has 9 nitrogen and oxygen atoms in total. The molecule has 2 atom stereocenters. The summed E-state index contributed by atoms with van der Waals surface area (Å²) >= 11 is 0. The molecule has 224 valence electrons. The van der Waals surface area contributed by atoms with E-state index in [-0.39, 0.29) is 24.4 Å². The first-order valence-corrected chi connectivity index (χ1v) is 14.7. The third-order valence-electron chi connectivity index (χ3n) is 6.68. The van der Waals surface area contributed by atoms with Crippen molar-refractivity contribution in [2.45, 2.75) is 96.7 Å². The average molecular weight is 567 g/mol. The number of hydrogen-bond acceptors (Lipinski definition) is 6. The molecule has 9 heteroatoms. The van der Waals surface area contributed by atoms with Crippen LogP contribution in [0.4, 0.5) is 5.69 Å².